The number of ether oxygens (including phenoxy) is 1. The van der Waals surface area contributed by atoms with Crippen LogP contribution in [0.4, 0.5) is 5.69 Å². The Hall–Kier alpha value is -1.55. The molecule has 0 bridgehead atoms. The fourth-order valence-corrected chi connectivity index (χ4v) is 3.28. The first-order chi connectivity index (χ1) is 12.4. The Morgan fingerprint density at radius 2 is 2.00 bits per heavy atom. The monoisotopic (exact) mass is 389 g/mol. The van der Waals surface area contributed by atoms with Gasteiger partial charge in [-0.1, -0.05) is 42.3 Å². The van der Waals surface area contributed by atoms with Crippen LogP contribution in [0.1, 0.15) is 29.8 Å². The Labute approximate surface area is 164 Å². The average molecular weight is 390 g/mol. The third-order valence-electron chi connectivity index (χ3n) is 4.61. The number of anilines is 1. The van der Waals surface area contributed by atoms with Crippen LogP contribution < -0.4 is 5.32 Å². The van der Waals surface area contributed by atoms with Gasteiger partial charge in [-0.3, -0.25) is 4.79 Å². The summed E-state index contributed by atoms with van der Waals surface area (Å²) in [5.74, 6) is 0.371. The summed E-state index contributed by atoms with van der Waals surface area (Å²) in [4.78, 5) is 12.4. The van der Waals surface area contributed by atoms with Crippen LogP contribution in [-0.2, 0) is 11.2 Å². The highest BCUT2D eigenvalue weighted by Crippen LogP contribution is 2.27. The number of carbonyl (C=O) groups excluding carboxylic acids is 1. The number of benzene rings is 2. The van der Waals surface area contributed by atoms with Crippen molar-refractivity contribution < 1.29 is 9.53 Å². The summed E-state index contributed by atoms with van der Waals surface area (Å²) in [6.07, 6.45) is 4.64. The maximum Gasteiger partial charge on any atom is 0.255 e. The predicted octanol–water partition coefficient (Wildman–Crippen LogP) is 5.54. The highest BCUT2D eigenvalue weighted by Gasteiger charge is 2.26. The van der Waals surface area contributed by atoms with Crippen molar-refractivity contribution in [1.29, 1.82) is 0 Å². The summed E-state index contributed by atoms with van der Waals surface area (Å²) in [5, 5.41) is 3.69. The van der Waals surface area contributed by atoms with Crippen LogP contribution in [0.15, 0.2) is 42.5 Å². The normalized spacial score (nSPS) is 22.8. The van der Waals surface area contributed by atoms with Crippen molar-refractivity contribution in [2.24, 2.45) is 11.8 Å². The largest absolute Gasteiger partial charge is 0.378 e. The molecule has 3 atom stereocenters. The smallest absolute Gasteiger partial charge is 0.255 e. The average Bonchev–Trinajstić information content (AvgIpc) is 2.61. The highest BCUT2D eigenvalue weighted by molar-refractivity contribution is 6.42. The van der Waals surface area contributed by atoms with Crippen molar-refractivity contribution in [3.63, 3.8) is 0 Å². The van der Waals surface area contributed by atoms with Crippen LogP contribution in [0.3, 0.4) is 0 Å². The lowest BCUT2D eigenvalue weighted by Gasteiger charge is -2.31. The van der Waals surface area contributed by atoms with Gasteiger partial charge in [-0.2, -0.15) is 0 Å². The summed E-state index contributed by atoms with van der Waals surface area (Å²) in [5.41, 5.74) is 2.35. The molecule has 3 unspecified atom stereocenters. The van der Waals surface area contributed by atoms with Gasteiger partial charge in [0.25, 0.3) is 5.91 Å². The molecule has 2 aromatic rings. The number of rotatable bonds is 4. The van der Waals surface area contributed by atoms with Crippen LogP contribution in [-0.4, -0.2) is 18.6 Å². The van der Waals surface area contributed by atoms with Crippen molar-refractivity contribution in [3.05, 3.63) is 70.1 Å². The maximum atomic E-state index is 12.4. The second-order valence-electron chi connectivity index (χ2n) is 6.68. The third kappa shape index (κ3) is 4.79. The van der Waals surface area contributed by atoms with E-state index in [1.54, 1.807) is 18.2 Å². The summed E-state index contributed by atoms with van der Waals surface area (Å²) in [6, 6.07) is 12.7. The molecule has 0 aromatic heterocycles. The molecule has 5 heteroatoms. The lowest BCUT2D eigenvalue weighted by molar-refractivity contribution is -0.0112. The van der Waals surface area contributed by atoms with Gasteiger partial charge in [0.15, 0.2) is 0 Å². The second-order valence-corrected chi connectivity index (χ2v) is 7.49. The van der Waals surface area contributed by atoms with E-state index < -0.39 is 0 Å². The zero-order valence-corrected chi connectivity index (χ0v) is 16.3. The molecule has 1 amide bonds. The standard InChI is InChI=1S/C21H21Cl2NO2/c1-13-8-16(12-26-14(13)2)9-15-4-3-5-18(10-15)24-21(25)17-6-7-19(22)20(23)11-17/h3-7,10-11,13-14,16H,9,12H2,1-2H3,(H,24,25). The van der Waals surface area contributed by atoms with Crippen LogP contribution in [0.2, 0.25) is 10.0 Å². The number of carbonyl (C=O) groups is 1. The van der Waals surface area contributed by atoms with Crippen molar-refractivity contribution >= 4 is 34.8 Å². The van der Waals surface area contributed by atoms with Gasteiger partial charge in [-0.15, -0.1) is 0 Å². The van der Waals surface area contributed by atoms with E-state index in [1.165, 1.54) is 0 Å². The van der Waals surface area contributed by atoms with E-state index in [0.717, 1.165) is 17.7 Å². The van der Waals surface area contributed by atoms with Crippen molar-refractivity contribution in [1.82, 2.24) is 0 Å². The van der Waals surface area contributed by atoms with Gasteiger partial charge < -0.3 is 10.1 Å². The lowest BCUT2D eigenvalue weighted by atomic mass is 9.86. The third-order valence-corrected chi connectivity index (χ3v) is 5.35. The Morgan fingerprint density at radius 1 is 1.19 bits per heavy atom. The molecule has 3 rings (SSSR count). The molecule has 0 aliphatic carbocycles. The number of hydrogen-bond donors (Lipinski definition) is 1. The zero-order valence-electron chi connectivity index (χ0n) is 14.8. The quantitative estimate of drug-likeness (QED) is 0.744. The molecule has 1 N–H and O–H groups in total. The van der Waals surface area contributed by atoms with Gasteiger partial charge in [0.1, 0.15) is 0 Å². The van der Waals surface area contributed by atoms with Gasteiger partial charge in [0.05, 0.1) is 22.8 Å². The van der Waals surface area contributed by atoms with Crippen molar-refractivity contribution in [2.75, 3.05) is 11.9 Å². The molecule has 1 aliphatic heterocycles. The van der Waals surface area contributed by atoms with Crippen LogP contribution in [0.25, 0.3) is 0 Å². The molecule has 1 saturated heterocycles. The first-order valence-corrected chi connectivity index (χ1v) is 9.41. The summed E-state index contributed by atoms with van der Waals surface area (Å²) in [7, 11) is 0. The summed E-state index contributed by atoms with van der Waals surface area (Å²) in [6.45, 7) is 4.89. The molecule has 2 aromatic carbocycles. The molecule has 1 heterocycles. The maximum absolute atomic E-state index is 12.4. The molecule has 1 aliphatic rings. The minimum Gasteiger partial charge on any atom is -0.378 e. The number of halogens is 2. The van der Waals surface area contributed by atoms with Gasteiger partial charge in [-0.05, 0) is 67.5 Å². The van der Waals surface area contributed by atoms with E-state index in [9.17, 15) is 4.79 Å². The fourth-order valence-electron chi connectivity index (χ4n) is 2.99. The van der Waals surface area contributed by atoms with Gasteiger partial charge in [0.2, 0.25) is 0 Å². The molecular weight excluding hydrogens is 369 g/mol. The molecule has 0 spiro atoms. The van der Waals surface area contributed by atoms with E-state index in [-0.39, 0.29) is 17.9 Å². The summed E-state index contributed by atoms with van der Waals surface area (Å²) < 4.78 is 5.79. The predicted molar refractivity (Wildman–Crippen MR) is 106 cm³/mol. The van der Waals surface area contributed by atoms with Gasteiger partial charge in [0, 0.05) is 11.3 Å². The Kier molecular flexibility index (Phi) is 6.23. The molecule has 0 saturated carbocycles. The SMILES string of the molecule is CC1[C]C(Cc2cccc(NC(=O)c3ccc(Cl)c(Cl)c3)c2)COC1C. The first kappa shape index (κ1) is 19.2. The van der Waals surface area contributed by atoms with Crippen LogP contribution in [0, 0.1) is 18.3 Å². The van der Waals surface area contributed by atoms with Gasteiger partial charge in [-0.25, -0.2) is 0 Å². The van der Waals surface area contributed by atoms with Crippen molar-refractivity contribution in [2.45, 2.75) is 26.4 Å². The molecule has 1 fully saturated rings. The fraction of sp³-hybridized carbons (Fsp3) is 0.333. The number of nitrogens with one attached hydrogen (secondary N) is 1. The van der Waals surface area contributed by atoms with Crippen LogP contribution >= 0.6 is 23.2 Å². The second kappa shape index (κ2) is 8.43. The minimum atomic E-state index is -0.220. The zero-order chi connectivity index (χ0) is 18.7. The van der Waals surface area contributed by atoms with Crippen molar-refractivity contribution in [3.8, 4) is 0 Å². The Morgan fingerprint density at radius 3 is 2.73 bits per heavy atom. The molecule has 2 radical (unpaired) electrons. The van der Waals surface area contributed by atoms with E-state index in [4.69, 9.17) is 27.9 Å². The molecule has 136 valence electrons. The summed E-state index contributed by atoms with van der Waals surface area (Å²) >= 11 is 11.9. The minimum absolute atomic E-state index is 0.220. The Balaban J connectivity index is 1.65. The molecule has 26 heavy (non-hydrogen) atoms. The van der Waals surface area contributed by atoms with E-state index >= 15 is 0 Å². The van der Waals surface area contributed by atoms with Gasteiger partial charge >= 0.3 is 0 Å². The topological polar surface area (TPSA) is 38.3 Å². The molecular formula is C21H21Cl2NO2. The first-order valence-electron chi connectivity index (χ1n) is 8.65. The van der Waals surface area contributed by atoms with Crippen LogP contribution in [0.5, 0.6) is 0 Å². The number of hydrogen-bond acceptors (Lipinski definition) is 2. The van der Waals surface area contributed by atoms with E-state index in [1.807, 2.05) is 18.2 Å². The highest BCUT2D eigenvalue weighted by atomic mass is 35.5. The molecule has 3 nitrogen and oxygen atoms in total. The lowest BCUT2D eigenvalue weighted by Crippen LogP contribution is -2.32. The van der Waals surface area contributed by atoms with E-state index in [0.29, 0.717) is 28.1 Å². The number of amides is 1. The van der Waals surface area contributed by atoms with E-state index in [2.05, 4.69) is 31.7 Å². The Bertz CT molecular complexity index is 793.